The molecule has 1 atom stereocenters. The second-order valence-corrected chi connectivity index (χ2v) is 5.18. The van der Waals surface area contributed by atoms with Crippen molar-refractivity contribution in [2.45, 2.75) is 39.2 Å². The van der Waals surface area contributed by atoms with Gasteiger partial charge in [-0.2, -0.15) is 0 Å². The van der Waals surface area contributed by atoms with Gasteiger partial charge in [-0.15, -0.1) is 0 Å². The van der Waals surface area contributed by atoms with Gasteiger partial charge in [0.1, 0.15) is 17.9 Å². The molecule has 0 amide bonds. The molecule has 4 heteroatoms. The molecule has 1 aromatic rings. The quantitative estimate of drug-likeness (QED) is 0.795. The van der Waals surface area contributed by atoms with E-state index in [1.54, 1.807) is 6.92 Å². The summed E-state index contributed by atoms with van der Waals surface area (Å²) in [6.07, 6.45) is 0. The summed E-state index contributed by atoms with van der Waals surface area (Å²) in [4.78, 5) is 11.3. The van der Waals surface area contributed by atoms with E-state index in [1.807, 2.05) is 31.2 Å². The third kappa shape index (κ3) is 4.24. The predicted octanol–water partition coefficient (Wildman–Crippen LogP) is 2.64. The van der Waals surface area contributed by atoms with Crippen molar-refractivity contribution >= 4 is 5.97 Å². The minimum atomic E-state index is -1.07. The molecule has 0 bridgehead atoms. The van der Waals surface area contributed by atoms with Gasteiger partial charge in [0, 0.05) is 0 Å². The van der Waals surface area contributed by atoms with Crippen molar-refractivity contribution in [1.82, 2.24) is 5.32 Å². The van der Waals surface area contributed by atoms with E-state index in [-0.39, 0.29) is 6.61 Å². The van der Waals surface area contributed by atoms with Gasteiger partial charge in [-0.1, -0.05) is 32.9 Å². The van der Waals surface area contributed by atoms with Gasteiger partial charge in [0.2, 0.25) is 0 Å². The standard InChI is InChI=1S/C15H23NO3/c1-5-16-15(4,14(17)18)10-19-13-8-6-7-12(9-13)11(2)3/h6-9,11,16H,5,10H2,1-4H3,(H,17,18). The SMILES string of the molecule is CCNC(C)(COc1cccc(C(C)C)c1)C(=O)O. The summed E-state index contributed by atoms with van der Waals surface area (Å²) in [5.74, 6) is 0.217. The first-order valence-electron chi connectivity index (χ1n) is 6.60. The van der Waals surface area contributed by atoms with Crippen LogP contribution in [-0.2, 0) is 4.79 Å². The lowest BCUT2D eigenvalue weighted by Crippen LogP contribution is -2.53. The van der Waals surface area contributed by atoms with Gasteiger partial charge in [-0.05, 0) is 37.1 Å². The van der Waals surface area contributed by atoms with Gasteiger partial charge in [0.25, 0.3) is 0 Å². The van der Waals surface area contributed by atoms with Gasteiger partial charge in [-0.25, -0.2) is 0 Å². The van der Waals surface area contributed by atoms with Gasteiger partial charge in [0.15, 0.2) is 0 Å². The molecule has 0 heterocycles. The predicted molar refractivity (Wildman–Crippen MR) is 75.7 cm³/mol. The molecule has 19 heavy (non-hydrogen) atoms. The Kier molecular flexibility index (Phi) is 5.36. The lowest BCUT2D eigenvalue weighted by atomic mass is 10.0. The largest absolute Gasteiger partial charge is 0.491 e. The first-order chi connectivity index (χ1) is 8.89. The van der Waals surface area contributed by atoms with Crippen LogP contribution in [0.1, 0.15) is 39.2 Å². The van der Waals surface area contributed by atoms with Crippen molar-refractivity contribution in [3.63, 3.8) is 0 Å². The highest BCUT2D eigenvalue weighted by Gasteiger charge is 2.33. The Labute approximate surface area is 114 Å². The van der Waals surface area contributed by atoms with Crippen LogP contribution in [-0.4, -0.2) is 29.8 Å². The lowest BCUT2D eigenvalue weighted by molar-refractivity contribution is -0.145. The Balaban J connectivity index is 2.74. The molecule has 0 saturated carbocycles. The van der Waals surface area contributed by atoms with E-state index >= 15 is 0 Å². The van der Waals surface area contributed by atoms with Crippen molar-refractivity contribution in [3.8, 4) is 5.75 Å². The molecule has 0 spiro atoms. The second-order valence-electron chi connectivity index (χ2n) is 5.18. The van der Waals surface area contributed by atoms with Gasteiger partial charge < -0.3 is 9.84 Å². The molecule has 1 rings (SSSR count). The number of ether oxygens (including phenoxy) is 1. The summed E-state index contributed by atoms with van der Waals surface area (Å²) in [6.45, 7) is 8.40. The van der Waals surface area contributed by atoms with E-state index in [0.717, 1.165) is 0 Å². The Morgan fingerprint density at radius 3 is 2.68 bits per heavy atom. The van der Waals surface area contributed by atoms with Crippen LogP contribution in [0.25, 0.3) is 0 Å². The maximum absolute atomic E-state index is 11.3. The summed E-state index contributed by atoms with van der Waals surface area (Å²) in [5.41, 5.74) is 0.112. The molecule has 4 nitrogen and oxygen atoms in total. The molecule has 0 aromatic heterocycles. The van der Waals surface area contributed by atoms with Gasteiger partial charge in [0.05, 0.1) is 0 Å². The Hall–Kier alpha value is -1.55. The minimum absolute atomic E-state index is 0.0950. The molecule has 0 radical (unpaired) electrons. The Morgan fingerprint density at radius 2 is 2.16 bits per heavy atom. The molecule has 1 unspecified atom stereocenters. The topological polar surface area (TPSA) is 58.6 Å². The maximum Gasteiger partial charge on any atom is 0.327 e. The Bertz CT molecular complexity index is 431. The molecule has 1 aromatic carbocycles. The highest BCUT2D eigenvalue weighted by molar-refractivity contribution is 5.78. The number of carbonyl (C=O) groups is 1. The third-order valence-corrected chi connectivity index (χ3v) is 3.09. The van der Waals surface area contributed by atoms with Crippen molar-refractivity contribution in [3.05, 3.63) is 29.8 Å². The molecule has 0 aliphatic heterocycles. The van der Waals surface area contributed by atoms with Crippen molar-refractivity contribution < 1.29 is 14.6 Å². The smallest absolute Gasteiger partial charge is 0.327 e. The van der Waals surface area contributed by atoms with Crippen molar-refractivity contribution in [1.29, 1.82) is 0 Å². The van der Waals surface area contributed by atoms with E-state index in [1.165, 1.54) is 5.56 Å². The summed E-state index contributed by atoms with van der Waals surface area (Å²) in [7, 11) is 0. The molecule has 106 valence electrons. The number of nitrogens with one attached hydrogen (secondary N) is 1. The minimum Gasteiger partial charge on any atom is -0.491 e. The number of benzene rings is 1. The van der Waals surface area contributed by atoms with Crippen LogP contribution in [0, 0.1) is 0 Å². The molecular formula is C15H23NO3. The van der Waals surface area contributed by atoms with E-state index in [9.17, 15) is 9.90 Å². The summed E-state index contributed by atoms with van der Waals surface area (Å²) in [6, 6.07) is 7.77. The third-order valence-electron chi connectivity index (χ3n) is 3.09. The second kappa shape index (κ2) is 6.57. The average Bonchev–Trinajstić information content (AvgIpc) is 2.37. The molecule has 0 aliphatic carbocycles. The summed E-state index contributed by atoms with van der Waals surface area (Å²) >= 11 is 0. The highest BCUT2D eigenvalue weighted by Crippen LogP contribution is 2.21. The summed E-state index contributed by atoms with van der Waals surface area (Å²) < 4.78 is 5.63. The molecule has 0 fully saturated rings. The molecule has 2 N–H and O–H groups in total. The zero-order valence-electron chi connectivity index (χ0n) is 12.1. The first kappa shape index (κ1) is 15.5. The van der Waals surface area contributed by atoms with E-state index in [4.69, 9.17) is 4.74 Å². The average molecular weight is 265 g/mol. The number of hydrogen-bond acceptors (Lipinski definition) is 3. The fourth-order valence-electron chi connectivity index (χ4n) is 1.77. The number of aliphatic carboxylic acids is 1. The van der Waals surface area contributed by atoms with Gasteiger partial charge >= 0.3 is 5.97 Å². The van der Waals surface area contributed by atoms with Crippen LogP contribution in [0.15, 0.2) is 24.3 Å². The van der Waals surface area contributed by atoms with E-state index in [2.05, 4.69) is 19.2 Å². The first-order valence-corrected chi connectivity index (χ1v) is 6.60. The lowest BCUT2D eigenvalue weighted by Gasteiger charge is -2.25. The fraction of sp³-hybridized carbons (Fsp3) is 0.533. The van der Waals surface area contributed by atoms with Crippen LogP contribution < -0.4 is 10.1 Å². The van der Waals surface area contributed by atoms with Crippen LogP contribution >= 0.6 is 0 Å². The van der Waals surface area contributed by atoms with Crippen molar-refractivity contribution in [2.24, 2.45) is 0 Å². The monoisotopic (exact) mass is 265 g/mol. The molecule has 0 saturated heterocycles. The zero-order valence-corrected chi connectivity index (χ0v) is 12.1. The molecular weight excluding hydrogens is 242 g/mol. The normalized spacial score (nSPS) is 14.2. The number of rotatable bonds is 7. The summed E-state index contributed by atoms with van der Waals surface area (Å²) in [5, 5.41) is 12.2. The van der Waals surface area contributed by atoms with Crippen LogP contribution in [0.5, 0.6) is 5.75 Å². The van der Waals surface area contributed by atoms with Crippen LogP contribution in [0.3, 0.4) is 0 Å². The highest BCUT2D eigenvalue weighted by atomic mass is 16.5. The Morgan fingerprint density at radius 1 is 1.47 bits per heavy atom. The zero-order chi connectivity index (χ0) is 14.5. The van der Waals surface area contributed by atoms with Crippen LogP contribution in [0.2, 0.25) is 0 Å². The van der Waals surface area contributed by atoms with E-state index in [0.29, 0.717) is 18.2 Å². The van der Waals surface area contributed by atoms with E-state index < -0.39 is 11.5 Å². The van der Waals surface area contributed by atoms with Gasteiger partial charge in [-0.3, -0.25) is 10.1 Å². The fourth-order valence-corrected chi connectivity index (χ4v) is 1.77. The maximum atomic E-state index is 11.3. The number of likely N-dealkylation sites (N-methyl/N-ethyl adjacent to an activating group) is 1. The number of hydrogen-bond donors (Lipinski definition) is 2. The number of carboxylic acid groups (broad SMARTS) is 1. The van der Waals surface area contributed by atoms with Crippen LogP contribution in [0.4, 0.5) is 0 Å². The molecule has 0 aliphatic rings. The number of carboxylic acids is 1. The van der Waals surface area contributed by atoms with Crippen molar-refractivity contribution in [2.75, 3.05) is 13.2 Å².